The van der Waals surface area contributed by atoms with Crippen LogP contribution >= 0.6 is 0 Å². The second-order valence-electron chi connectivity index (χ2n) is 5.42. The zero-order valence-corrected chi connectivity index (χ0v) is 14.1. The van der Waals surface area contributed by atoms with Crippen molar-refractivity contribution in [3.05, 3.63) is 72.3 Å². The number of hydrogen-bond acceptors (Lipinski definition) is 4. The van der Waals surface area contributed by atoms with Gasteiger partial charge in [-0.2, -0.15) is 5.10 Å². The van der Waals surface area contributed by atoms with Crippen LogP contribution in [0.2, 0.25) is 0 Å². The van der Waals surface area contributed by atoms with Crippen LogP contribution in [-0.2, 0) is 4.79 Å². The van der Waals surface area contributed by atoms with E-state index in [0.29, 0.717) is 18.9 Å². The highest BCUT2D eigenvalue weighted by atomic mass is 16.5. The minimum absolute atomic E-state index is 0.162. The van der Waals surface area contributed by atoms with Crippen molar-refractivity contribution in [2.24, 2.45) is 10.2 Å². The van der Waals surface area contributed by atoms with Gasteiger partial charge in [-0.1, -0.05) is 24.3 Å². The average Bonchev–Trinajstić information content (AvgIpc) is 2.90. The Morgan fingerprint density at radius 1 is 1.16 bits per heavy atom. The molecular weight excluding hydrogens is 314 g/mol. The Kier molecular flexibility index (Phi) is 5.04. The van der Waals surface area contributed by atoms with Crippen molar-refractivity contribution in [2.75, 3.05) is 18.1 Å². The molecule has 1 amide bonds. The fourth-order valence-electron chi connectivity index (χ4n) is 2.64. The molecule has 1 heterocycles. The number of carbonyl (C=O) groups is 1. The molecule has 0 unspecified atom stereocenters. The number of benzene rings is 2. The zero-order valence-electron chi connectivity index (χ0n) is 14.1. The third kappa shape index (κ3) is 3.50. The number of rotatable bonds is 6. The van der Waals surface area contributed by atoms with Crippen LogP contribution in [0.4, 0.5) is 5.69 Å². The van der Waals surface area contributed by atoms with Gasteiger partial charge < -0.3 is 9.64 Å². The number of ether oxygens (including phenoxy) is 1. The molecule has 2 aromatic carbocycles. The van der Waals surface area contributed by atoms with Gasteiger partial charge in [-0.05, 0) is 42.8 Å². The molecule has 0 bridgehead atoms. The summed E-state index contributed by atoms with van der Waals surface area (Å²) in [6, 6.07) is 15.1. The summed E-state index contributed by atoms with van der Waals surface area (Å²) < 4.78 is 5.40. The topological polar surface area (TPSA) is 54.3 Å². The lowest BCUT2D eigenvalue weighted by molar-refractivity contribution is -0.112. The van der Waals surface area contributed by atoms with E-state index in [9.17, 15) is 4.79 Å². The van der Waals surface area contributed by atoms with E-state index in [-0.39, 0.29) is 5.91 Å². The van der Waals surface area contributed by atoms with E-state index in [1.165, 1.54) is 0 Å². The largest absolute Gasteiger partial charge is 0.494 e. The minimum Gasteiger partial charge on any atom is -0.494 e. The first-order valence-corrected chi connectivity index (χ1v) is 8.10. The molecule has 5 nitrogen and oxygen atoms in total. The predicted octanol–water partition coefficient (Wildman–Crippen LogP) is 3.44. The van der Waals surface area contributed by atoms with E-state index < -0.39 is 0 Å². The van der Waals surface area contributed by atoms with Gasteiger partial charge >= 0.3 is 0 Å². The predicted molar refractivity (Wildman–Crippen MR) is 101 cm³/mol. The highest BCUT2D eigenvalue weighted by molar-refractivity contribution is 6.54. The maximum Gasteiger partial charge on any atom is 0.279 e. The molecule has 1 aliphatic heterocycles. The van der Waals surface area contributed by atoms with Crippen molar-refractivity contribution in [1.29, 1.82) is 0 Å². The molecule has 1 aliphatic rings. The number of nitrogens with zero attached hydrogens (tertiary/aromatic N) is 3. The van der Waals surface area contributed by atoms with Gasteiger partial charge in [0.25, 0.3) is 5.91 Å². The van der Waals surface area contributed by atoms with Crippen LogP contribution in [0.25, 0.3) is 0 Å². The smallest absolute Gasteiger partial charge is 0.279 e. The molecule has 0 spiro atoms. The van der Waals surface area contributed by atoms with Crippen LogP contribution in [0.1, 0.15) is 18.1 Å². The van der Waals surface area contributed by atoms with Gasteiger partial charge in [-0.3, -0.25) is 4.79 Å². The highest BCUT2D eigenvalue weighted by Gasteiger charge is 2.32. The zero-order chi connectivity index (χ0) is 17.6. The Hall–Kier alpha value is -3.21. The second-order valence-corrected chi connectivity index (χ2v) is 5.42. The van der Waals surface area contributed by atoms with Crippen LogP contribution in [0.3, 0.4) is 0 Å². The Bertz CT molecular complexity index is 838. The molecule has 0 saturated heterocycles. The lowest BCUT2D eigenvalue weighted by atomic mass is 10.1. The summed E-state index contributed by atoms with van der Waals surface area (Å²) in [5.74, 6) is 0.649. The first-order chi connectivity index (χ1) is 12.2. The molecule has 5 heteroatoms. The molecule has 0 N–H and O–H groups in total. The molecule has 0 aliphatic carbocycles. The summed E-state index contributed by atoms with van der Waals surface area (Å²) in [6.45, 7) is 6.72. The van der Waals surface area contributed by atoms with Crippen molar-refractivity contribution >= 4 is 23.5 Å². The van der Waals surface area contributed by atoms with Gasteiger partial charge in [0.2, 0.25) is 0 Å². The quantitative estimate of drug-likeness (QED) is 0.462. The molecule has 25 heavy (non-hydrogen) atoms. The molecule has 0 radical (unpaired) electrons. The van der Waals surface area contributed by atoms with E-state index >= 15 is 0 Å². The lowest BCUT2D eigenvalue weighted by Gasteiger charge is -2.13. The van der Waals surface area contributed by atoms with Crippen LogP contribution in [0.15, 0.2) is 71.4 Å². The highest BCUT2D eigenvalue weighted by Crippen LogP contribution is 2.28. The fraction of sp³-hybridized carbons (Fsp3) is 0.150. The molecule has 0 fully saturated rings. The molecule has 3 rings (SSSR count). The standard InChI is InChI=1S/C20H19N3O2/c1-3-13-23-18-8-6-5-7-17(18)19(20(23)24)22-21-14-15-9-11-16(12-10-15)25-4-2/h3,5-12,14H,1,4,13H2,2H3/b21-14-,22-19-. The number of amides is 1. The monoisotopic (exact) mass is 333 g/mol. The SMILES string of the molecule is C=CCN1C(=O)/C(=N\N=C/c2ccc(OCC)cc2)c2ccccc21. The third-order valence-corrected chi connectivity index (χ3v) is 3.77. The van der Waals surface area contributed by atoms with Gasteiger partial charge in [0.1, 0.15) is 5.75 Å². The van der Waals surface area contributed by atoms with Crippen molar-refractivity contribution < 1.29 is 9.53 Å². The van der Waals surface area contributed by atoms with Crippen molar-refractivity contribution in [1.82, 2.24) is 0 Å². The van der Waals surface area contributed by atoms with Crippen LogP contribution in [-0.4, -0.2) is 31.0 Å². The van der Waals surface area contributed by atoms with Gasteiger partial charge in [0, 0.05) is 12.1 Å². The van der Waals surface area contributed by atoms with Gasteiger partial charge in [0.05, 0.1) is 18.5 Å². The van der Waals surface area contributed by atoms with Crippen molar-refractivity contribution in [3.8, 4) is 5.75 Å². The number of fused-ring (bicyclic) bond motifs is 1. The number of para-hydroxylation sites is 1. The lowest BCUT2D eigenvalue weighted by Crippen LogP contribution is -2.30. The van der Waals surface area contributed by atoms with E-state index in [1.54, 1.807) is 17.2 Å². The van der Waals surface area contributed by atoms with E-state index in [1.807, 2.05) is 55.5 Å². The maximum absolute atomic E-state index is 12.6. The Morgan fingerprint density at radius 3 is 2.64 bits per heavy atom. The summed E-state index contributed by atoms with van der Waals surface area (Å²) in [6.07, 6.45) is 3.32. The summed E-state index contributed by atoms with van der Waals surface area (Å²) >= 11 is 0. The van der Waals surface area contributed by atoms with Crippen LogP contribution in [0.5, 0.6) is 5.75 Å². The van der Waals surface area contributed by atoms with E-state index in [4.69, 9.17) is 4.74 Å². The number of carbonyl (C=O) groups excluding carboxylic acids is 1. The third-order valence-electron chi connectivity index (χ3n) is 3.77. The summed E-state index contributed by atoms with van der Waals surface area (Å²) in [4.78, 5) is 14.2. The van der Waals surface area contributed by atoms with Gasteiger partial charge in [0.15, 0.2) is 5.71 Å². The second kappa shape index (κ2) is 7.57. The molecule has 0 saturated carbocycles. The van der Waals surface area contributed by atoms with Crippen LogP contribution < -0.4 is 9.64 Å². The number of anilines is 1. The maximum atomic E-state index is 12.6. The first kappa shape index (κ1) is 16.6. The van der Waals surface area contributed by atoms with Crippen LogP contribution in [0, 0.1) is 0 Å². The summed E-state index contributed by atoms with van der Waals surface area (Å²) in [7, 11) is 0. The summed E-state index contributed by atoms with van der Waals surface area (Å²) in [5, 5.41) is 8.25. The number of hydrogen-bond donors (Lipinski definition) is 0. The van der Waals surface area contributed by atoms with E-state index in [2.05, 4.69) is 16.8 Å². The average molecular weight is 333 g/mol. The summed E-state index contributed by atoms with van der Waals surface area (Å²) in [5.41, 5.74) is 2.86. The molecule has 0 aromatic heterocycles. The van der Waals surface area contributed by atoms with Crippen molar-refractivity contribution in [3.63, 3.8) is 0 Å². The van der Waals surface area contributed by atoms with Gasteiger partial charge in [-0.15, -0.1) is 11.7 Å². The Morgan fingerprint density at radius 2 is 1.92 bits per heavy atom. The molecule has 0 atom stereocenters. The first-order valence-electron chi connectivity index (χ1n) is 8.10. The molecule has 2 aromatic rings. The van der Waals surface area contributed by atoms with E-state index in [0.717, 1.165) is 22.6 Å². The van der Waals surface area contributed by atoms with Gasteiger partial charge in [-0.25, -0.2) is 0 Å². The molecule has 126 valence electrons. The molecular formula is C20H19N3O2. The normalized spacial score (nSPS) is 15.0. The Balaban J connectivity index is 1.83. The fourth-order valence-corrected chi connectivity index (χ4v) is 2.64. The minimum atomic E-state index is -0.162. The van der Waals surface area contributed by atoms with Crippen molar-refractivity contribution in [2.45, 2.75) is 6.92 Å². The Labute approximate surface area is 147 Å².